The zero-order valence-electron chi connectivity index (χ0n) is 17.3. The number of rotatable bonds is 12. The minimum Gasteiger partial charge on any atom is -0.383 e. The summed E-state index contributed by atoms with van der Waals surface area (Å²) >= 11 is 0. The van der Waals surface area contributed by atoms with Gasteiger partial charge in [0, 0.05) is 19.7 Å². The van der Waals surface area contributed by atoms with Crippen molar-refractivity contribution in [1.29, 1.82) is 0 Å². The highest BCUT2D eigenvalue weighted by atomic mass is 127. The standard InChI is InChI=1S/C19H34N4O3S.HI/c1-15(2)7-5-8-16(3)23-19(20)21-14-17-9-6-10-18(13-17)27(24,25)22-11-12-26-4;/h6,9-10,13,15-16,22H,5,7-8,11-12,14H2,1-4H3,(H3,20,21,23);1H. The van der Waals surface area contributed by atoms with E-state index in [9.17, 15) is 8.42 Å². The molecule has 0 aromatic heterocycles. The summed E-state index contributed by atoms with van der Waals surface area (Å²) in [5, 5.41) is 3.19. The average Bonchev–Trinajstić information content (AvgIpc) is 2.60. The maximum atomic E-state index is 12.3. The molecule has 9 heteroatoms. The maximum absolute atomic E-state index is 12.3. The lowest BCUT2D eigenvalue weighted by Crippen LogP contribution is -2.38. The molecule has 1 aromatic carbocycles. The maximum Gasteiger partial charge on any atom is 0.240 e. The van der Waals surface area contributed by atoms with Gasteiger partial charge in [0.2, 0.25) is 10.0 Å². The number of benzene rings is 1. The van der Waals surface area contributed by atoms with Crippen LogP contribution in [0.4, 0.5) is 0 Å². The molecule has 0 spiro atoms. The van der Waals surface area contributed by atoms with Gasteiger partial charge in [-0.3, -0.25) is 0 Å². The SMILES string of the molecule is COCCNS(=O)(=O)c1cccc(CN=C(N)NC(C)CCCC(C)C)c1.I. The molecule has 1 unspecified atom stereocenters. The molecular formula is C19H35IN4O3S. The molecule has 0 saturated carbocycles. The van der Waals surface area contributed by atoms with E-state index in [0.717, 1.165) is 18.4 Å². The van der Waals surface area contributed by atoms with Crippen molar-refractivity contribution in [3.05, 3.63) is 29.8 Å². The average molecular weight is 526 g/mol. The number of hydrogen-bond acceptors (Lipinski definition) is 4. The second kappa shape index (κ2) is 14.1. The Hall–Kier alpha value is -0.910. The molecule has 162 valence electrons. The van der Waals surface area contributed by atoms with Gasteiger partial charge in [0.25, 0.3) is 0 Å². The fourth-order valence-electron chi connectivity index (χ4n) is 2.55. The first-order valence-corrected chi connectivity index (χ1v) is 10.9. The lowest BCUT2D eigenvalue weighted by Gasteiger charge is -2.15. The van der Waals surface area contributed by atoms with Crippen LogP contribution in [0.1, 0.15) is 45.6 Å². The van der Waals surface area contributed by atoms with Crippen molar-refractivity contribution in [1.82, 2.24) is 10.0 Å². The predicted octanol–water partition coefficient (Wildman–Crippen LogP) is 2.85. The lowest BCUT2D eigenvalue weighted by atomic mass is 10.0. The molecule has 1 rings (SSSR count). The third-order valence-corrected chi connectivity index (χ3v) is 5.51. The summed E-state index contributed by atoms with van der Waals surface area (Å²) in [6.45, 7) is 7.39. The molecule has 0 fully saturated rings. The monoisotopic (exact) mass is 526 g/mol. The highest BCUT2D eigenvalue weighted by Crippen LogP contribution is 2.12. The first kappa shape index (κ1) is 27.1. The lowest BCUT2D eigenvalue weighted by molar-refractivity contribution is 0.204. The van der Waals surface area contributed by atoms with E-state index >= 15 is 0 Å². The van der Waals surface area contributed by atoms with E-state index in [1.54, 1.807) is 18.2 Å². The van der Waals surface area contributed by atoms with Crippen molar-refractivity contribution in [2.75, 3.05) is 20.3 Å². The number of guanidine groups is 1. The first-order chi connectivity index (χ1) is 12.7. The topological polar surface area (TPSA) is 106 Å². The van der Waals surface area contributed by atoms with Crippen LogP contribution < -0.4 is 15.8 Å². The zero-order valence-corrected chi connectivity index (χ0v) is 20.4. The molecule has 1 atom stereocenters. The molecule has 0 bridgehead atoms. The Bertz CT molecular complexity index is 696. The number of hydrogen-bond donors (Lipinski definition) is 3. The Morgan fingerprint density at radius 3 is 2.61 bits per heavy atom. The number of methoxy groups -OCH3 is 1. The first-order valence-electron chi connectivity index (χ1n) is 9.38. The van der Waals surface area contributed by atoms with E-state index in [0.29, 0.717) is 25.0 Å². The molecule has 4 N–H and O–H groups in total. The fraction of sp³-hybridized carbons (Fsp3) is 0.632. The van der Waals surface area contributed by atoms with Crippen LogP contribution >= 0.6 is 24.0 Å². The number of aliphatic imine (C=N–C) groups is 1. The van der Waals surface area contributed by atoms with Crippen molar-refractivity contribution < 1.29 is 13.2 Å². The van der Waals surface area contributed by atoms with Crippen molar-refractivity contribution in [2.24, 2.45) is 16.6 Å². The molecule has 28 heavy (non-hydrogen) atoms. The van der Waals surface area contributed by atoms with Gasteiger partial charge in [-0.2, -0.15) is 0 Å². The smallest absolute Gasteiger partial charge is 0.240 e. The Labute approximate surface area is 187 Å². The van der Waals surface area contributed by atoms with Crippen LogP contribution in [0.15, 0.2) is 34.2 Å². The molecule has 0 radical (unpaired) electrons. The van der Waals surface area contributed by atoms with Crippen LogP contribution in [0.2, 0.25) is 0 Å². The Kier molecular flexibility index (Phi) is 13.7. The number of nitrogens with zero attached hydrogens (tertiary/aromatic N) is 1. The quantitative estimate of drug-likeness (QED) is 0.168. The van der Waals surface area contributed by atoms with E-state index in [-0.39, 0.29) is 41.5 Å². The van der Waals surface area contributed by atoms with Gasteiger partial charge in [0.1, 0.15) is 0 Å². The van der Waals surface area contributed by atoms with Crippen molar-refractivity contribution in [3.8, 4) is 0 Å². The van der Waals surface area contributed by atoms with Gasteiger partial charge in [-0.25, -0.2) is 18.1 Å². The second-order valence-corrected chi connectivity index (χ2v) is 8.88. The van der Waals surface area contributed by atoms with E-state index in [2.05, 4.69) is 35.8 Å². The molecule has 0 saturated heterocycles. The van der Waals surface area contributed by atoms with Crippen LogP contribution in [0.5, 0.6) is 0 Å². The van der Waals surface area contributed by atoms with Gasteiger partial charge in [0.05, 0.1) is 18.0 Å². The third-order valence-electron chi connectivity index (χ3n) is 4.05. The molecule has 0 aliphatic carbocycles. The van der Waals surface area contributed by atoms with Gasteiger partial charge in [0.15, 0.2) is 5.96 Å². The van der Waals surface area contributed by atoms with Gasteiger partial charge in [-0.1, -0.05) is 38.8 Å². The Morgan fingerprint density at radius 1 is 1.25 bits per heavy atom. The molecular weight excluding hydrogens is 491 g/mol. The van der Waals surface area contributed by atoms with Crippen LogP contribution in [-0.4, -0.2) is 40.7 Å². The summed E-state index contributed by atoms with van der Waals surface area (Å²) in [6, 6.07) is 6.95. The molecule has 0 amide bonds. The number of sulfonamides is 1. The van der Waals surface area contributed by atoms with Gasteiger partial charge < -0.3 is 15.8 Å². The largest absolute Gasteiger partial charge is 0.383 e. The highest BCUT2D eigenvalue weighted by molar-refractivity contribution is 14.0. The fourth-order valence-corrected chi connectivity index (χ4v) is 3.63. The summed E-state index contributed by atoms with van der Waals surface area (Å²) in [6.07, 6.45) is 3.38. The predicted molar refractivity (Wildman–Crippen MR) is 126 cm³/mol. The van der Waals surface area contributed by atoms with E-state index < -0.39 is 10.0 Å². The summed E-state index contributed by atoms with van der Waals surface area (Å²) in [5.41, 5.74) is 6.73. The second-order valence-electron chi connectivity index (χ2n) is 7.11. The third kappa shape index (κ3) is 11.2. The summed E-state index contributed by atoms with van der Waals surface area (Å²) in [5.74, 6) is 1.08. The zero-order chi connectivity index (χ0) is 20.3. The number of nitrogens with one attached hydrogen (secondary N) is 2. The summed E-state index contributed by atoms with van der Waals surface area (Å²) < 4.78 is 31.9. The van der Waals surface area contributed by atoms with E-state index in [4.69, 9.17) is 10.5 Å². The van der Waals surface area contributed by atoms with Gasteiger partial charge in [-0.05, 0) is 37.0 Å². The number of halogens is 1. The minimum absolute atomic E-state index is 0. The number of ether oxygens (including phenoxy) is 1. The molecule has 0 heterocycles. The van der Waals surface area contributed by atoms with Crippen LogP contribution in [0.3, 0.4) is 0 Å². The number of nitrogens with two attached hydrogens (primary N) is 1. The molecule has 1 aromatic rings. The molecule has 7 nitrogen and oxygen atoms in total. The minimum atomic E-state index is -3.56. The Morgan fingerprint density at radius 2 is 1.96 bits per heavy atom. The highest BCUT2D eigenvalue weighted by Gasteiger charge is 2.13. The van der Waals surface area contributed by atoms with Crippen molar-refractivity contribution >= 4 is 40.0 Å². The normalized spacial score (nSPS) is 13.2. The molecule has 0 aliphatic heterocycles. The van der Waals surface area contributed by atoms with Crippen LogP contribution in [0, 0.1) is 5.92 Å². The van der Waals surface area contributed by atoms with E-state index in [1.807, 2.05) is 6.07 Å². The van der Waals surface area contributed by atoms with E-state index in [1.165, 1.54) is 13.5 Å². The van der Waals surface area contributed by atoms with Crippen molar-refractivity contribution in [2.45, 2.75) is 57.5 Å². The summed E-state index contributed by atoms with van der Waals surface area (Å²) in [4.78, 5) is 4.53. The van der Waals surface area contributed by atoms with Gasteiger partial charge >= 0.3 is 0 Å². The Balaban J connectivity index is 0.00000729. The summed E-state index contributed by atoms with van der Waals surface area (Å²) in [7, 11) is -2.03. The van der Waals surface area contributed by atoms with Crippen molar-refractivity contribution in [3.63, 3.8) is 0 Å². The van der Waals surface area contributed by atoms with Gasteiger partial charge in [-0.15, -0.1) is 24.0 Å². The van der Waals surface area contributed by atoms with Crippen LogP contribution in [-0.2, 0) is 21.3 Å². The molecule has 0 aliphatic rings. The van der Waals surface area contributed by atoms with Crippen LogP contribution in [0.25, 0.3) is 0 Å².